The van der Waals surface area contributed by atoms with E-state index in [1.165, 1.54) is 9.75 Å². The second-order valence-corrected chi connectivity index (χ2v) is 7.79. The summed E-state index contributed by atoms with van der Waals surface area (Å²) in [7, 11) is 1.68. The Hall–Kier alpha value is -1.85. The molecule has 1 aliphatic heterocycles. The van der Waals surface area contributed by atoms with E-state index >= 15 is 0 Å². The lowest BCUT2D eigenvalue weighted by atomic mass is 10.0. The lowest BCUT2D eigenvalue weighted by molar-refractivity contribution is -0.134. The highest BCUT2D eigenvalue weighted by atomic mass is 32.1. The monoisotopic (exact) mass is 358 g/mol. The number of aryl methyl sites for hydroxylation is 2. The molecule has 5 heteroatoms. The van der Waals surface area contributed by atoms with Crippen LogP contribution in [0.2, 0.25) is 0 Å². The van der Waals surface area contributed by atoms with Crippen molar-refractivity contribution < 1.29 is 9.53 Å². The largest absolute Gasteiger partial charge is 0.496 e. The van der Waals surface area contributed by atoms with Crippen molar-refractivity contribution in [1.29, 1.82) is 0 Å². The molecule has 1 aliphatic rings. The average Bonchev–Trinajstić information content (AvgIpc) is 3.06. The number of benzene rings is 1. The molecule has 0 saturated carbocycles. The Morgan fingerprint density at radius 1 is 1.32 bits per heavy atom. The fourth-order valence-electron chi connectivity index (χ4n) is 3.40. The summed E-state index contributed by atoms with van der Waals surface area (Å²) < 4.78 is 5.50. The lowest BCUT2D eigenvalue weighted by Gasteiger charge is -2.37. The van der Waals surface area contributed by atoms with E-state index in [9.17, 15) is 4.79 Å². The van der Waals surface area contributed by atoms with Gasteiger partial charge in [0.15, 0.2) is 0 Å². The Bertz CT molecular complexity index is 713. The summed E-state index contributed by atoms with van der Waals surface area (Å²) >= 11 is 1.83. The van der Waals surface area contributed by atoms with Crippen LogP contribution in [-0.4, -0.2) is 37.6 Å². The van der Waals surface area contributed by atoms with Gasteiger partial charge in [0, 0.05) is 41.4 Å². The number of rotatable bonds is 6. The summed E-state index contributed by atoms with van der Waals surface area (Å²) in [6, 6.07) is 12.4. The van der Waals surface area contributed by atoms with Crippen molar-refractivity contribution in [1.82, 2.24) is 10.2 Å². The maximum atomic E-state index is 12.8. The fraction of sp³-hybridized carbons (Fsp3) is 0.450. The number of nitrogens with zero attached hydrogens (tertiary/aromatic N) is 1. The molecule has 1 saturated heterocycles. The third kappa shape index (κ3) is 4.41. The van der Waals surface area contributed by atoms with Gasteiger partial charge in [0.05, 0.1) is 13.2 Å². The van der Waals surface area contributed by atoms with Crippen LogP contribution in [0.25, 0.3) is 0 Å². The highest BCUT2D eigenvalue weighted by Crippen LogP contribution is 2.30. The molecule has 134 valence electrons. The third-order valence-electron chi connectivity index (χ3n) is 4.67. The van der Waals surface area contributed by atoms with E-state index in [2.05, 4.69) is 30.4 Å². The highest BCUT2D eigenvalue weighted by Gasteiger charge is 2.29. The van der Waals surface area contributed by atoms with Crippen molar-refractivity contribution in [3.63, 3.8) is 0 Å². The molecule has 1 amide bonds. The van der Waals surface area contributed by atoms with Gasteiger partial charge in [0.1, 0.15) is 5.75 Å². The maximum Gasteiger partial charge on any atom is 0.223 e. The molecule has 1 atom stereocenters. The number of nitrogens with one attached hydrogen (secondary N) is 1. The van der Waals surface area contributed by atoms with Crippen molar-refractivity contribution in [2.24, 2.45) is 0 Å². The number of para-hydroxylation sites is 1. The maximum absolute atomic E-state index is 12.8. The Balaban J connectivity index is 1.64. The van der Waals surface area contributed by atoms with Crippen molar-refractivity contribution >= 4 is 17.2 Å². The van der Waals surface area contributed by atoms with Gasteiger partial charge in [-0.3, -0.25) is 4.79 Å². The SMILES string of the molecule is COc1ccccc1C1CNCCN1C(=O)CCCc1ccc(C)s1. The van der Waals surface area contributed by atoms with Crippen LogP contribution in [0.4, 0.5) is 0 Å². The number of thiophene rings is 1. The minimum Gasteiger partial charge on any atom is -0.496 e. The molecule has 0 radical (unpaired) electrons. The minimum absolute atomic E-state index is 0.0429. The molecule has 25 heavy (non-hydrogen) atoms. The average molecular weight is 359 g/mol. The van der Waals surface area contributed by atoms with E-state index in [0.717, 1.165) is 43.8 Å². The van der Waals surface area contributed by atoms with Crippen LogP contribution >= 0.6 is 11.3 Å². The van der Waals surface area contributed by atoms with E-state index in [1.807, 2.05) is 34.4 Å². The fourth-order valence-corrected chi connectivity index (χ4v) is 4.33. The summed E-state index contributed by atoms with van der Waals surface area (Å²) in [4.78, 5) is 17.6. The van der Waals surface area contributed by atoms with Gasteiger partial charge in [0.2, 0.25) is 5.91 Å². The number of carbonyl (C=O) groups is 1. The van der Waals surface area contributed by atoms with E-state index < -0.39 is 0 Å². The number of methoxy groups -OCH3 is 1. The highest BCUT2D eigenvalue weighted by molar-refractivity contribution is 7.11. The standard InChI is InChI=1S/C20H26N2O2S/c1-15-10-11-16(25-15)6-5-9-20(23)22-13-12-21-14-18(22)17-7-3-4-8-19(17)24-2/h3-4,7-8,10-11,18,21H,5-6,9,12-14H2,1-2H3. The van der Waals surface area contributed by atoms with Gasteiger partial charge in [-0.25, -0.2) is 0 Å². The van der Waals surface area contributed by atoms with Gasteiger partial charge in [0.25, 0.3) is 0 Å². The quantitative estimate of drug-likeness (QED) is 0.858. The molecule has 1 N–H and O–H groups in total. The molecule has 1 fully saturated rings. The molecular weight excluding hydrogens is 332 g/mol. The van der Waals surface area contributed by atoms with Gasteiger partial charge in [-0.2, -0.15) is 0 Å². The smallest absolute Gasteiger partial charge is 0.223 e. The Morgan fingerprint density at radius 2 is 2.16 bits per heavy atom. The number of hydrogen-bond acceptors (Lipinski definition) is 4. The molecule has 0 spiro atoms. The molecule has 0 bridgehead atoms. The predicted molar refractivity (Wildman–Crippen MR) is 102 cm³/mol. The van der Waals surface area contributed by atoms with E-state index in [0.29, 0.717) is 6.42 Å². The first-order valence-electron chi connectivity index (χ1n) is 8.87. The summed E-state index contributed by atoms with van der Waals surface area (Å²) in [5, 5.41) is 3.41. The molecule has 0 aliphatic carbocycles. The van der Waals surface area contributed by atoms with Crippen molar-refractivity contribution in [2.75, 3.05) is 26.7 Å². The van der Waals surface area contributed by atoms with Crippen molar-refractivity contribution in [2.45, 2.75) is 32.2 Å². The van der Waals surface area contributed by atoms with Crippen LogP contribution in [0, 0.1) is 6.92 Å². The molecule has 2 heterocycles. The molecule has 3 rings (SSSR count). The summed E-state index contributed by atoms with van der Waals surface area (Å²) in [5.41, 5.74) is 1.08. The van der Waals surface area contributed by atoms with Crippen molar-refractivity contribution in [3.8, 4) is 5.75 Å². The lowest BCUT2D eigenvalue weighted by Crippen LogP contribution is -2.48. The van der Waals surface area contributed by atoms with Gasteiger partial charge >= 0.3 is 0 Å². The Morgan fingerprint density at radius 3 is 2.92 bits per heavy atom. The molecule has 1 unspecified atom stereocenters. The number of ether oxygens (including phenoxy) is 1. The van der Waals surface area contributed by atoms with Gasteiger partial charge in [-0.15, -0.1) is 11.3 Å². The zero-order valence-corrected chi connectivity index (χ0v) is 15.8. The zero-order valence-electron chi connectivity index (χ0n) is 15.0. The van der Waals surface area contributed by atoms with E-state index in [1.54, 1.807) is 7.11 Å². The Labute approximate surface area is 153 Å². The molecule has 2 aromatic rings. The van der Waals surface area contributed by atoms with E-state index in [4.69, 9.17) is 4.74 Å². The Kier molecular flexibility index (Phi) is 6.10. The summed E-state index contributed by atoms with van der Waals surface area (Å²) in [5.74, 6) is 1.09. The zero-order chi connectivity index (χ0) is 17.6. The van der Waals surface area contributed by atoms with Crippen LogP contribution in [0.15, 0.2) is 36.4 Å². The number of amides is 1. The van der Waals surface area contributed by atoms with Crippen molar-refractivity contribution in [3.05, 3.63) is 51.7 Å². The van der Waals surface area contributed by atoms with Crippen LogP contribution in [0.5, 0.6) is 5.75 Å². The van der Waals surface area contributed by atoms with E-state index in [-0.39, 0.29) is 11.9 Å². The molecule has 1 aromatic carbocycles. The van der Waals surface area contributed by atoms with Gasteiger partial charge in [-0.1, -0.05) is 18.2 Å². The second kappa shape index (κ2) is 8.50. The number of hydrogen-bond donors (Lipinski definition) is 1. The van der Waals surface area contributed by atoms with Crippen LogP contribution in [0.3, 0.4) is 0 Å². The first-order valence-corrected chi connectivity index (χ1v) is 9.69. The molecule has 1 aromatic heterocycles. The summed E-state index contributed by atoms with van der Waals surface area (Å²) in [6.45, 7) is 4.50. The van der Waals surface area contributed by atoms with Gasteiger partial charge in [-0.05, 0) is 38.0 Å². The predicted octanol–water partition coefficient (Wildman–Crippen LogP) is 3.56. The van der Waals surface area contributed by atoms with Crippen LogP contribution < -0.4 is 10.1 Å². The number of carbonyl (C=O) groups excluding carboxylic acids is 1. The third-order valence-corrected chi connectivity index (χ3v) is 5.73. The van der Waals surface area contributed by atoms with Crippen LogP contribution in [-0.2, 0) is 11.2 Å². The van der Waals surface area contributed by atoms with Crippen LogP contribution in [0.1, 0.15) is 34.2 Å². The molecular formula is C20H26N2O2S. The number of piperazine rings is 1. The normalized spacial score (nSPS) is 17.5. The topological polar surface area (TPSA) is 41.6 Å². The first kappa shape index (κ1) is 18.0. The molecule has 4 nitrogen and oxygen atoms in total. The summed E-state index contributed by atoms with van der Waals surface area (Å²) in [6.07, 6.45) is 2.49. The second-order valence-electron chi connectivity index (χ2n) is 6.41. The minimum atomic E-state index is 0.0429. The van der Waals surface area contributed by atoms with Gasteiger partial charge < -0.3 is 15.0 Å². The first-order chi connectivity index (χ1) is 12.2.